The van der Waals surface area contributed by atoms with Gasteiger partial charge in [-0.3, -0.25) is 4.79 Å². The van der Waals surface area contributed by atoms with Gasteiger partial charge in [-0.25, -0.2) is 0 Å². The fraction of sp³-hybridized carbons (Fsp3) is 0.417. The van der Waals surface area contributed by atoms with E-state index >= 15 is 0 Å². The van der Waals surface area contributed by atoms with E-state index in [1.807, 2.05) is 6.92 Å². The van der Waals surface area contributed by atoms with Crippen LogP contribution in [0.25, 0.3) is 0 Å². The standard InChI is InChI=1S/C12H12O2/c1-7-10-5-8-3-2-4-9(8)6-11(10)14-12(7)13/h5-7H,2-4H2,1H3. The van der Waals surface area contributed by atoms with Crippen molar-refractivity contribution in [2.75, 3.05) is 0 Å². The maximum atomic E-state index is 11.3. The first-order chi connectivity index (χ1) is 6.75. The molecule has 14 heavy (non-hydrogen) atoms. The number of carbonyl (C=O) groups excluding carboxylic acids is 1. The van der Waals surface area contributed by atoms with Gasteiger partial charge in [0, 0.05) is 5.56 Å². The Kier molecular flexibility index (Phi) is 1.49. The highest BCUT2D eigenvalue weighted by Crippen LogP contribution is 2.38. The highest BCUT2D eigenvalue weighted by molar-refractivity contribution is 5.85. The fourth-order valence-electron chi connectivity index (χ4n) is 2.37. The first-order valence-electron chi connectivity index (χ1n) is 5.13. The van der Waals surface area contributed by atoms with Crippen molar-refractivity contribution in [3.05, 3.63) is 28.8 Å². The summed E-state index contributed by atoms with van der Waals surface area (Å²) in [4.78, 5) is 11.3. The smallest absolute Gasteiger partial charge is 0.318 e. The van der Waals surface area contributed by atoms with Gasteiger partial charge in [0.25, 0.3) is 0 Å². The van der Waals surface area contributed by atoms with Gasteiger partial charge in [0.2, 0.25) is 0 Å². The Morgan fingerprint density at radius 2 is 2.00 bits per heavy atom. The molecule has 0 aromatic heterocycles. The summed E-state index contributed by atoms with van der Waals surface area (Å²) in [5, 5.41) is 0. The highest BCUT2D eigenvalue weighted by atomic mass is 16.5. The molecule has 1 aliphatic heterocycles. The molecule has 2 aliphatic rings. The zero-order chi connectivity index (χ0) is 9.71. The molecule has 0 saturated carbocycles. The van der Waals surface area contributed by atoms with E-state index in [-0.39, 0.29) is 11.9 Å². The summed E-state index contributed by atoms with van der Waals surface area (Å²) in [5.74, 6) is 0.614. The third-order valence-corrected chi connectivity index (χ3v) is 3.25. The summed E-state index contributed by atoms with van der Waals surface area (Å²) in [7, 11) is 0. The van der Waals surface area contributed by atoms with Crippen molar-refractivity contribution >= 4 is 5.97 Å². The monoisotopic (exact) mass is 188 g/mol. The second kappa shape index (κ2) is 2.59. The number of esters is 1. The molecule has 3 rings (SSSR count). The van der Waals surface area contributed by atoms with E-state index in [9.17, 15) is 4.79 Å². The molecule has 1 aliphatic carbocycles. The van der Waals surface area contributed by atoms with E-state index in [4.69, 9.17) is 4.74 Å². The second-order valence-corrected chi connectivity index (χ2v) is 4.16. The SMILES string of the molecule is CC1C(=O)Oc2cc3c(cc21)CCC3. The minimum atomic E-state index is -0.108. The van der Waals surface area contributed by atoms with Crippen LogP contribution in [-0.4, -0.2) is 5.97 Å². The van der Waals surface area contributed by atoms with Crippen LogP contribution >= 0.6 is 0 Å². The normalized spacial score (nSPS) is 23.2. The number of benzene rings is 1. The number of ether oxygens (including phenoxy) is 1. The average Bonchev–Trinajstić information content (AvgIpc) is 2.70. The van der Waals surface area contributed by atoms with E-state index in [2.05, 4.69) is 12.1 Å². The van der Waals surface area contributed by atoms with Crippen LogP contribution in [0.2, 0.25) is 0 Å². The minimum absolute atomic E-state index is 0.0732. The summed E-state index contributed by atoms with van der Waals surface area (Å²) < 4.78 is 5.21. The van der Waals surface area contributed by atoms with Crippen LogP contribution < -0.4 is 4.74 Å². The molecule has 0 fully saturated rings. The molecular formula is C12H12O2. The summed E-state index contributed by atoms with van der Waals surface area (Å²) in [6, 6.07) is 4.21. The Bertz CT molecular complexity index is 421. The lowest BCUT2D eigenvalue weighted by atomic mass is 9.98. The predicted octanol–water partition coefficient (Wildman–Crippen LogP) is 2.20. The van der Waals surface area contributed by atoms with Crippen molar-refractivity contribution in [3.63, 3.8) is 0 Å². The van der Waals surface area contributed by atoms with Crippen molar-refractivity contribution in [1.29, 1.82) is 0 Å². The first kappa shape index (κ1) is 8.04. The largest absolute Gasteiger partial charge is 0.426 e. The number of aryl methyl sites for hydroxylation is 2. The molecule has 0 bridgehead atoms. The quantitative estimate of drug-likeness (QED) is 0.461. The minimum Gasteiger partial charge on any atom is -0.426 e. The van der Waals surface area contributed by atoms with Crippen LogP contribution in [0.3, 0.4) is 0 Å². The van der Waals surface area contributed by atoms with Crippen LogP contribution in [0, 0.1) is 0 Å². The van der Waals surface area contributed by atoms with Gasteiger partial charge in [0.1, 0.15) is 5.75 Å². The maximum Gasteiger partial charge on any atom is 0.318 e. The number of fused-ring (bicyclic) bond motifs is 2. The lowest BCUT2D eigenvalue weighted by Gasteiger charge is -2.03. The van der Waals surface area contributed by atoms with E-state index in [0.29, 0.717) is 0 Å². The Balaban J connectivity index is 2.17. The molecule has 2 nitrogen and oxygen atoms in total. The van der Waals surface area contributed by atoms with Crippen LogP contribution in [0.1, 0.15) is 36.0 Å². The third-order valence-electron chi connectivity index (χ3n) is 3.25. The Morgan fingerprint density at radius 3 is 2.79 bits per heavy atom. The molecule has 0 N–H and O–H groups in total. The van der Waals surface area contributed by atoms with Crippen molar-refractivity contribution in [1.82, 2.24) is 0 Å². The summed E-state index contributed by atoms with van der Waals surface area (Å²) in [6.07, 6.45) is 3.53. The molecule has 1 unspecified atom stereocenters. The topological polar surface area (TPSA) is 26.3 Å². The van der Waals surface area contributed by atoms with Gasteiger partial charge in [-0.1, -0.05) is 6.07 Å². The first-order valence-corrected chi connectivity index (χ1v) is 5.13. The van der Waals surface area contributed by atoms with Gasteiger partial charge >= 0.3 is 5.97 Å². The summed E-state index contributed by atoms with van der Waals surface area (Å²) in [6.45, 7) is 1.91. The number of rotatable bonds is 0. The average molecular weight is 188 g/mol. The van der Waals surface area contributed by atoms with Gasteiger partial charge in [0.15, 0.2) is 0 Å². The van der Waals surface area contributed by atoms with E-state index in [0.717, 1.165) is 24.2 Å². The van der Waals surface area contributed by atoms with Crippen molar-refractivity contribution < 1.29 is 9.53 Å². The van der Waals surface area contributed by atoms with Gasteiger partial charge in [0.05, 0.1) is 5.92 Å². The van der Waals surface area contributed by atoms with E-state index in [1.54, 1.807) is 0 Å². The Hall–Kier alpha value is -1.31. The highest BCUT2D eigenvalue weighted by Gasteiger charge is 2.30. The molecule has 1 heterocycles. The molecule has 0 saturated heterocycles. The number of hydrogen-bond acceptors (Lipinski definition) is 2. The summed E-state index contributed by atoms with van der Waals surface area (Å²) >= 11 is 0. The van der Waals surface area contributed by atoms with Crippen LogP contribution in [-0.2, 0) is 17.6 Å². The lowest BCUT2D eigenvalue weighted by Crippen LogP contribution is -2.05. The molecule has 0 spiro atoms. The Labute approximate surface area is 82.9 Å². The molecule has 1 atom stereocenters. The second-order valence-electron chi connectivity index (χ2n) is 4.16. The van der Waals surface area contributed by atoms with Gasteiger partial charge in [-0.15, -0.1) is 0 Å². The molecule has 2 heteroatoms. The van der Waals surface area contributed by atoms with Crippen molar-refractivity contribution in [2.45, 2.75) is 32.1 Å². The molecule has 1 aromatic carbocycles. The Morgan fingerprint density at radius 1 is 1.29 bits per heavy atom. The van der Waals surface area contributed by atoms with Gasteiger partial charge in [-0.05, 0) is 43.4 Å². The molecular weight excluding hydrogens is 176 g/mol. The third kappa shape index (κ3) is 0.939. The predicted molar refractivity (Wildman–Crippen MR) is 52.5 cm³/mol. The van der Waals surface area contributed by atoms with Crippen LogP contribution in [0.4, 0.5) is 0 Å². The maximum absolute atomic E-state index is 11.3. The molecule has 0 amide bonds. The number of hydrogen-bond donors (Lipinski definition) is 0. The van der Waals surface area contributed by atoms with Gasteiger partial charge < -0.3 is 4.74 Å². The fourth-order valence-corrected chi connectivity index (χ4v) is 2.37. The van der Waals surface area contributed by atoms with E-state index < -0.39 is 0 Å². The van der Waals surface area contributed by atoms with Crippen LogP contribution in [0.5, 0.6) is 5.75 Å². The van der Waals surface area contributed by atoms with Crippen molar-refractivity contribution in [3.8, 4) is 5.75 Å². The van der Waals surface area contributed by atoms with E-state index in [1.165, 1.54) is 17.5 Å². The van der Waals surface area contributed by atoms with Gasteiger partial charge in [-0.2, -0.15) is 0 Å². The van der Waals surface area contributed by atoms with Crippen molar-refractivity contribution in [2.24, 2.45) is 0 Å². The summed E-state index contributed by atoms with van der Waals surface area (Å²) in [5.41, 5.74) is 3.86. The zero-order valence-corrected chi connectivity index (χ0v) is 8.17. The van der Waals surface area contributed by atoms with Crippen LogP contribution in [0.15, 0.2) is 12.1 Å². The zero-order valence-electron chi connectivity index (χ0n) is 8.17. The molecule has 1 aromatic rings. The molecule has 0 radical (unpaired) electrons. The molecule has 72 valence electrons. The lowest BCUT2D eigenvalue weighted by molar-refractivity contribution is -0.133. The number of carbonyl (C=O) groups is 1.